The fourth-order valence-electron chi connectivity index (χ4n) is 1.72. The second-order valence-electron chi connectivity index (χ2n) is 3.57. The average Bonchev–Trinajstić information content (AvgIpc) is 2.67. The highest BCUT2D eigenvalue weighted by Crippen LogP contribution is 2.36. The van der Waals surface area contributed by atoms with Gasteiger partial charge in [0.15, 0.2) is 0 Å². The van der Waals surface area contributed by atoms with Crippen molar-refractivity contribution in [2.24, 2.45) is 0 Å². The number of hydrogen-bond donors (Lipinski definition) is 0. The molecular formula is C15H22BNO. The van der Waals surface area contributed by atoms with Crippen LogP contribution < -0.4 is 4.81 Å². The first-order valence-corrected chi connectivity index (χ1v) is 6.49. The number of rotatable bonds is 0. The van der Waals surface area contributed by atoms with Gasteiger partial charge in [0, 0.05) is 16.8 Å². The molecule has 0 fully saturated rings. The van der Waals surface area contributed by atoms with Gasteiger partial charge in [0.05, 0.1) is 0 Å². The van der Waals surface area contributed by atoms with Crippen LogP contribution in [0.4, 0.5) is 5.69 Å². The lowest BCUT2D eigenvalue weighted by atomic mass is 10.0. The second kappa shape index (κ2) is 7.75. The van der Waals surface area contributed by atoms with Gasteiger partial charge in [-0.1, -0.05) is 51.5 Å². The van der Waals surface area contributed by atoms with Crippen molar-refractivity contribution in [2.75, 3.05) is 4.81 Å². The smallest absolute Gasteiger partial charge is 0.245 e. The first-order valence-electron chi connectivity index (χ1n) is 6.49. The Bertz CT molecular complexity index is 434. The lowest BCUT2D eigenvalue weighted by molar-refractivity contribution is -0.112. The molecule has 1 amide bonds. The van der Waals surface area contributed by atoms with Gasteiger partial charge in [0.2, 0.25) is 13.9 Å². The maximum Gasteiger partial charge on any atom is 0.245 e. The Hall–Kier alpha value is -1.51. The van der Waals surface area contributed by atoms with E-state index >= 15 is 0 Å². The molecule has 2 nitrogen and oxygen atoms in total. The summed E-state index contributed by atoms with van der Waals surface area (Å²) in [6.07, 6.45) is 0. The van der Waals surface area contributed by atoms with Crippen LogP contribution in [0.3, 0.4) is 0 Å². The van der Waals surface area contributed by atoms with Crippen LogP contribution in [0.25, 0.3) is 5.57 Å². The highest BCUT2D eigenvalue weighted by atomic mass is 16.2. The fourth-order valence-corrected chi connectivity index (χ4v) is 1.72. The van der Waals surface area contributed by atoms with Crippen LogP contribution in [0.2, 0.25) is 0 Å². The van der Waals surface area contributed by atoms with Gasteiger partial charge in [-0.25, -0.2) is 0 Å². The van der Waals surface area contributed by atoms with Gasteiger partial charge < -0.3 is 4.81 Å². The molecule has 0 saturated carbocycles. The summed E-state index contributed by atoms with van der Waals surface area (Å²) in [5, 5.41) is 0. The van der Waals surface area contributed by atoms with Gasteiger partial charge in [0.25, 0.3) is 0 Å². The van der Waals surface area contributed by atoms with Crippen molar-refractivity contribution in [2.45, 2.75) is 41.5 Å². The summed E-state index contributed by atoms with van der Waals surface area (Å²) in [6.45, 7) is 11.8. The number of carbonyl (C=O) groups is 1. The van der Waals surface area contributed by atoms with Gasteiger partial charge in [0.1, 0.15) is 0 Å². The first kappa shape index (κ1) is 16.5. The molecule has 0 spiro atoms. The van der Waals surface area contributed by atoms with Crippen molar-refractivity contribution < 1.29 is 4.79 Å². The maximum atomic E-state index is 11.7. The second-order valence-corrected chi connectivity index (χ2v) is 3.57. The lowest BCUT2D eigenvalue weighted by Gasteiger charge is -2.08. The molecule has 1 heterocycles. The third-order valence-corrected chi connectivity index (χ3v) is 2.37. The molecule has 2 radical (unpaired) electrons. The number of hydrogen-bond acceptors (Lipinski definition) is 1. The van der Waals surface area contributed by atoms with Crippen LogP contribution in [0.5, 0.6) is 0 Å². The summed E-state index contributed by atoms with van der Waals surface area (Å²) >= 11 is 0. The van der Waals surface area contributed by atoms with E-state index in [-0.39, 0.29) is 5.91 Å². The van der Waals surface area contributed by atoms with E-state index in [1.54, 1.807) is 0 Å². The summed E-state index contributed by atoms with van der Waals surface area (Å²) in [4.78, 5) is 13.0. The molecule has 0 aromatic heterocycles. The van der Waals surface area contributed by atoms with Crippen molar-refractivity contribution in [3.05, 3.63) is 35.4 Å². The minimum Gasteiger partial charge on any atom is -0.365 e. The SMILES string of the molecule is CC.CC.[B]N1C(=O)C(=C(C)C)c2ccccc21. The summed E-state index contributed by atoms with van der Waals surface area (Å²) in [5.41, 5.74) is 3.44. The molecule has 0 atom stereocenters. The van der Waals surface area contributed by atoms with E-state index in [1.165, 1.54) is 4.81 Å². The van der Waals surface area contributed by atoms with Crippen LogP contribution in [0, 0.1) is 0 Å². The Balaban J connectivity index is 0.000000659. The number of nitrogens with zero attached hydrogens (tertiary/aromatic N) is 1. The topological polar surface area (TPSA) is 20.3 Å². The molecule has 96 valence electrons. The molecule has 0 bridgehead atoms. The Morgan fingerprint density at radius 1 is 1.06 bits per heavy atom. The Labute approximate surface area is 112 Å². The molecule has 1 aromatic rings. The van der Waals surface area contributed by atoms with Gasteiger partial charge >= 0.3 is 0 Å². The third kappa shape index (κ3) is 3.03. The van der Waals surface area contributed by atoms with E-state index in [9.17, 15) is 4.79 Å². The standard InChI is InChI=1S/C11H10BNO.2C2H6/c1-7(2)10-8-5-3-4-6-9(8)13(12)11(10)14;2*1-2/h3-6H,1-2H3;2*1-2H3. The molecule has 0 N–H and O–H groups in total. The van der Waals surface area contributed by atoms with Crippen molar-refractivity contribution in [1.29, 1.82) is 0 Å². The Morgan fingerprint density at radius 3 is 2.06 bits per heavy atom. The number of benzene rings is 1. The number of fused-ring (bicyclic) bond motifs is 1. The summed E-state index contributed by atoms with van der Waals surface area (Å²) in [7, 11) is 5.67. The molecule has 1 aliphatic heterocycles. The zero-order valence-corrected chi connectivity index (χ0v) is 12.2. The lowest BCUT2D eigenvalue weighted by Crippen LogP contribution is -2.22. The van der Waals surface area contributed by atoms with E-state index in [0.29, 0.717) is 0 Å². The Morgan fingerprint density at radius 2 is 1.56 bits per heavy atom. The quantitative estimate of drug-likeness (QED) is 0.498. The molecule has 1 aliphatic rings. The predicted octanol–water partition coefficient (Wildman–Crippen LogP) is 3.96. The zero-order valence-electron chi connectivity index (χ0n) is 12.2. The van der Waals surface area contributed by atoms with E-state index in [4.69, 9.17) is 7.98 Å². The highest BCUT2D eigenvalue weighted by Gasteiger charge is 2.28. The van der Waals surface area contributed by atoms with Gasteiger partial charge in [-0.05, 0) is 19.9 Å². The van der Waals surface area contributed by atoms with E-state index in [0.717, 1.165) is 22.4 Å². The maximum absolute atomic E-state index is 11.7. The molecule has 1 aromatic carbocycles. The molecule has 0 aliphatic carbocycles. The van der Waals surface area contributed by atoms with Crippen molar-refractivity contribution in [1.82, 2.24) is 0 Å². The van der Waals surface area contributed by atoms with Crippen molar-refractivity contribution in [3.63, 3.8) is 0 Å². The molecule has 2 rings (SSSR count). The van der Waals surface area contributed by atoms with Crippen molar-refractivity contribution >= 4 is 25.1 Å². The van der Waals surface area contributed by atoms with Crippen LogP contribution >= 0.6 is 0 Å². The minimum atomic E-state index is -0.119. The minimum absolute atomic E-state index is 0.119. The molecular weight excluding hydrogens is 221 g/mol. The van der Waals surface area contributed by atoms with Crippen LogP contribution in [0.15, 0.2) is 29.8 Å². The number of allylic oxidation sites excluding steroid dienone is 1. The normalized spacial score (nSPS) is 12.0. The number of carbonyl (C=O) groups excluding carboxylic acids is 1. The number of anilines is 1. The fraction of sp³-hybridized carbons (Fsp3) is 0.400. The first-order chi connectivity index (χ1) is 8.63. The number of amides is 1. The molecule has 0 unspecified atom stereocenters. The molecule has 18 heavy (non-hydrogen) atoms. The zero-order chi connectivity index (χ0) is 14.3. The van der Waals surface area contributed by atoms with Crippen LogP contribution in [0.1, 0.15) is 47.1 Å². The highest BCUT2D eigenvalue weighted by molar-refractivity contribution is 6.46. The number of para-hydroxylation sites is 1. The predicted molar refractivity (Wildman–Crippen MR) is 80.6 cm³/mol. The van der Waals surface area contributed by atoms with Gasteiger partial charge in [-0.15, -0.1) is 0 Å². The van der Waals surface area contributed by atoms with Gasteiger partial charge in [-0.2, -0.15) is 0 Å². The van der Waals surface area contributed by atoms with E-state index < -0.39 is 0 Å². The average molecular weight is 243 g/mol. The summed E-state index contributed by atoms with van der Waals surface area (Å²) in [5.74, 6) is -0.119. The summed E-state index contributed by atoms with van der Waals surface area (Å²) in [6, 6.07) is 7.56. The van der Waals surface area contributed by atoms with Crippen LogP contribution in [-0.2, 0) is 4.79 Å². The van der Waals surface area contributed by atoms with E-state index in [1.807, 2.05) is 65.8 Å². The largest absolute Gasteiger partial charge is 0.365 e. The van der Waals surface area contributed by atoms with E-state index in [2.05, 4.69) is 0 Å². The Kier molecular flexibility index (Phi) is 7.10. The molecule has 3 heteroatoms. The van der Waals surface area contributed by atoms with Gasteiger partial charge in [-0.3, -0.25) is 4.79 Å². The molecule has 0 saturated heterocycles. The van der Waals surface area contributed by atoms with Crippen molar-refractivity contribution in [3.8, 4) is 0 Å². The van der Waals surface area contributed by atoms with Crippen LogP contribution in [-0.4, -0.2) is 13.9 Å². The monoisotopic (exact) mass is 243 g/mol. The third-order valence-electron chi connectivity index (χ3n) is 2.37. The summed E-state index contributed by atoms with van der Waals surface area (Å²) < 4.78 is 0.